The molecule has 3 rings (SSSR count). The van der Waals surface area contributed by atoms with Crippen molar-refractivity contribution >= 4 is 34.6 Å². The molecule has 0 aliphatic rings. The number of para-hydroxylation sites is 1. The van der Waals surface area contributed by atoms with Crippen LogP contribution in [0.3, 0.4) is 0 Å². The number of rotatable bonds is 6. The number of carbonyl (C=O) groups is 2. The van der Waals surface area contributed by atoms with Gasteiger partial charge in [-0.1, -0.05) is 24.3 Å². The minimum absolute atomic E-state index is 0.160. The molecule has 0 aliphatic heterocycles. The molecule has 27 heavy (non-hydrogen) atoms. The average Bonchev–Trinajstić information content (AvgIpc) is 3.00. The first-order chi connectivity index (χ1) is 13.1. The number of carbonyl (C=O) groups excluding carboxylic acids is 2. The fourth-order valence-electron chi connectivity index (χ4n) is 2.80. The predicted molar refractivity (Wildman–Crippen MR) is 108 cm³/mol. The molecule has 0 spiro atoms. The van der Waals surface area contributed by atoms with Crippen LogP contribution in [-0.2, 0) is 11.3 Å². The number of allylic oxidation sites excluding steroid dienone is 1. The third kappa shape index (κ3) is 4.30. The SMILES string of the molecule is C=CCn1cc(C=NNC(=O)c2ccc(NC(C)=O)cc2)c2ccccc21. The summed E-state index contributed by atoms with van der Waals surface area (Å²) in [7, 11) is 0. The Balaban J connectivity index is 1.72. The summed E-state index contributed by atoms with van der Waals surface area (Å²) in [6.45, 7) is 5.91. The second-order valence-corrected chi connectivity index (χ2v) is 6.00. The van der Waals surface area contributed by atoms with Gasteiger partial charge in [0.05, 0.1) is 6.21 Å². The van der Waals surface area contributed by atoms with Gasteiger partial charge in [-0.15, -0.1) is 6.58 Å². The van der Waals surface area contributed by atoms with Gasteiger partial charge in [0, 0.05) is 47.4 Å². The summed E-state index contributed by atoms with van der Waals surface area (Å²) in [6.07, 6.45) is 5.44. The van der Waals surface area contributed by atoms with E-state index >= 15 is 0 Å². The van der Waals surface area contributed by atoms with Crippen LogP contribution in [0.4, 0.5) is 5.69 Å². The van der Waals surface area contributed by atoms with E-state index in [0.717, 1.165) is 16.5 Å². The van der Waals surface area contributed by atoms with Crippen molar-refractivity contribution < 1.29 is 9.59 Å². The van der Waals surface area contributed by atoms with Crippen molar-refractivity contribution in [3.63, 3.8) is 0 Å². The Hall–Kier alpha value is -3.67. The number of benzene rings is 2. The molecule has 0 radical (unpaired) electrons. The van der Waals surface area contributed by atoms with Crippen molar-refractivity contribution in [3.8, 4) is 0 Å². The largest absolute Gasteiger partial charge is 0.343 e. The summed E-state index contributed by atoms with van der Waals surface area (Å²) in [5, 5.41) is 7.79. The lowest BCUT2D eigenvalue weighted by Crippen LogP contribution is -2.17. The Morgan fingerprint density at radius 2 is 1.89 bits per heavy atom. The van der Waals surface area contributed by atoms with Crippen molar-refractivity contribution in [2.45, 2.75) is 13.5 Å². The van der Waals surface area contributed by atoms with Crippen LogP contribution in [0.15, 0.2) is 72.5 Å². The summed E-state index contributed by atoms with van der Waals surface area (Å²) in [5.41, 5.74) is 5.61. The number of nitrogens with one attached hydrogen (secondary N) is 2. The molecular weight excluding hydrogens is 340 g/mol. The number of anilines is 1. The van der Waals surface area contributed by atoms with Crippen LogP contribution in [0.1, 0.15) is 22.8 Å². The van der Waals surface area contributed by atoms with E-state index in [4.69, 9.17) is 0 Å². The second kappa shape index (κ2) is 8.14. The Kier molecular flexibility index (Phi) is 5.47. The van der Waals surface area contributed by atoms with Crippen molar-refractivity contribution in [1.29, 1.82) is 0 Å². The van der Waals surface area contributed by atoms with Gasteiger partial charge in [0.15, 0.2) is 0 Å². The molecule has 2 amide bonds. The van der Waals surface area contributed by atoms with Gasteiger partial charge >= 0.3 is 0 Å². The van der Waals surface area contributed by atoms with Crippen molar-refractivity contribution in [2.24, 2.45) is 5.10 Å². The first-order valence-corrected chi connectivity index (χ1v) is 8.48. The lowest BCUT2D eigenvalue weighted by atomic mass is 10.2. The van der Waals surface area contributed by atoms with Gasteiger partial charge in [0.25, 0.3) is 5.91 Å². The predicted octanol–water partition coefficient (Wildman–Crippen LogP) is 3.55. The van der Waals surface area contributed by atoms with E-state index in [2.05, 4.69) is 27.0 Å². The minimum Gasteiger partial charge on any atom is -0.343 e. The monoisotopic (exact) mass is 360 g/mol. The molecule has 0 aliphatic carbocycles. The van der Waals surface area contributed by atoms with Crippen LogP contribution in [0.2, 0.25) is 0 Å². The quantitative estimate of drug-likeness (QED) is 0.401. The zero-order valence-electron chi connectivity index (χ0n) is 15.0. The summed E-state index contributed by atoms with van der Waals surface area (Å²) in [6, 6.07) is 14.6. The fraction of sp³-hybridized carbons (Fsp3) is 0.0952. The molecule has 0 atom stereocenters. The maximum absolute atomic E-state index is 12.2. The van der Waals surface area contributed by atoms with Crippen LogP contribution < -0.4 is 10.7 Å². The number of hydrogen-bond donors (Lipinski definition) is 2. The highest BCUT2D eigenvalue weighted by atomic mass is 16.2. The molecule has 1 aromatic heterocycles. The highest BCUT2D eigenvalue weighted by Gasteiger charge is 2.07. The molecule has 1 heterocycles. The lowest BCUT2D eigenvalue weighted by molar-refractivity contribution is -0.114. The van der Waals surface area contributed by atoms with E-state index in [0.29, 0.717) is 17.8 Å². The number of amides is 2. The first kappa shape index (κ1) is 18.1. The van der Waals surface area contributed by atoms with E-state index in [-0.39, 0.29) is 11.8 Å². The van der Waals surface area contributed by atoms with Gasteiger partial charge in [-0.05, 0) is 30.3 Å². The maximum Gasteiger partial charge on any atom is 0.271 e. The summed E-state index contributed by atoms with van der Waals surface area (Å²) >= 11 is 0. The highest BCUT2D eigenvalue weighted by Crippen LogP contribution is 2.20. The lowest BCUT2D eigenvalue weighted by Gasteiger charge is -2.03. The number of fused-ring (bicyclic) bond motifs is 1. The topological polar surface area (TPSA) is 75.5 Å². The van der Waals surface area contributed by atoms with Crippen molar-refractivity contribution in [2.75, 3.05) is 5.32 Å². The van der Waals surface area contributed by atoms with Crippen LogP contribution in [0.25, 0.3) is 10.9 Å². The third-order valence-corrected chi connectivity index (χ3v) is 3.98. The van der Waals surface area contributed by atoms with Gasteiger partial charge in [0.1, 0.15) is 0 Å². The second-order valence-electron chi connectivity index (χ2n) is 6.00. The van der Waals surface area contributed by atoms with E-state index in [1.807, 2.05) is 36.5 Å². The number of nitrogens with zero attached hydrogens (tertiary/aromatic N) is 2. The number of aromatic nitrogens is 1. The number of hydrazone groups is 1. The standard InChI is InChI=1S/C21H20N4O2/c1-3-12-25-14-17(19-6-4-5-7-20(19)25)13-22-24-21(27)16-8-10-18(11-9-16)23-15(2)26/h3-11,13-14H,1,12H2,2H3,(H,23,26)(H,24,27). The zero-order valence-corrected chi connectivity index (χ0v) is 15.0. The Morgan fingerprint density at radius 3 is 2.59 bits per heavy atom. The van der Waals surface area contributed by atoms with E-state index in [1.54, 1.807) is 30.5 Å². The van der Waals surface area contributed by atoms with Gasteiger partial charge in [-0.25, -0.2) is 5.43 Å². The summed E-state index contributed by atoms with van der Waals surface area (Å²) in [4.78, 5) is 23.2. The van der Waals surface area contributed by atoms with Gasteiger partial charge in [-0.2, -0.15) is 5.10 Å². The number of hydrogen-bond acceptors (Lipinski definition) is 3. The molecule has 2 aromatic carbocycles. The van der Waals surface area contributed by atoms with Gasteiger partial charge < -0.3 is 9.88 Å². The molecule has 136 valence electrons. The average molecular weight is 360 g/mol. The molecule has 3 aromatic rings. The maximum atomic E-state index is 12.2. The Morgan fingerprint density at radius 1 is 1.15 bits per heavy atom. The molecule has 0 saturated heterocycles. The van der Waals surface area contributed by atoms with Crippen LogP contribution in [0, 0.1) is 0 Å². The van der Waals surface area contributed by atoms with E-state index in [9.17, 15) is 9.59 Å². The smallest absolute Gasteiger partial charge is 0.271 e. The van der Waals surface area contributed by atoms with Crippen LogP contribution in [-0.4, -0.2) is 22.6 Å². The molecular formula is C21H20N4O2. The summed E-state index contributed by atoms with van der Waals surface area (Å²) in [5.74, 6) is -0.483. The van der Waals surface area contributed by atoms with Gasteiger partial charge in [0.2, 0.25) is 5.91 Å². The van der Waals surface area contributed by atoms with Crippen LogP contribution in [0.5, 0.6) is 0 Å². The van der Waals surface area contributed by atoms with Crippen molar-refractivity contribution in [3.05, 3.63) is 78.5 Å². The molecule has 0 saturated carbocycles. The molecule has 0 fully saturated rings. The minimum atomic E-state index is -0.324. The molecule has 2 N–H and O–H groups in total. The first-order valence-electron chi connectivity index (χ1n) is 8.48. The molecule has 0 unspecified atom stereocenters. The van der Waals surface area contributed by atoms with E-state index in [1.165, 1.54) is 6.92 Å². The molecule has 6 nitrogen and oxygen atoms in total. The highest BCUT2D eigenvalue weighted by molar-refractivity contribution is 6.00. The molecule has 0 bridgehead atoms. The van der Waals surface area contributed by atoms with Crippen molar-refractivity contribution in [1.82, 2.24) is 9.99 Å². The van der Waals surface area contributed by atoms with Gasteiger partial charge in [-0.3, -0.25) is 9.59 Å². The normalized spacial score (nSPS) is 10.9. The molecule has 6 heteroatoms. The Bertz CT molecular complexity index is 1020. The van der Waals surface area contributed by atoms with Crippen LogP contribution >= 0.6 is 0 Å². The Labute approximate surface area is 157 Å². The fourth-order valence-corrected chi connectivity index (χ4v) is 2.80. The zero-order chi connectivity index (χ0) is 19.2. The summed E-state index contributed by atoms with van der Waals surface area (Å²) < 4.78 is 2.08. The van der Waals surface area contributed by atoms with E-state index < -0.39 is 0 Å². The third-order valence-electron chi connectivity index (χ3n) is 3.98.